The Hall–Kier alpha value is -2.13. The number of hydrogen-bond acceptors (Lipinski definition) is 1. The summed E-state index contributed by atoms with van der Waals surface area (Å²) < 4.78 is 0. The molecule has 1 spiro atoms. The van der Waals surface area contributed by atoms with Crippen LogP contribution in [0.1, 0.15) is 44.2 Å². The fourth-order valence-electron chi connectivity index (χ4n) is 5.14. The van der Waals surface area contributed by atoms with Crippen molar-refractivity contribution in [1.82, 2.24) is 0 Å². The van der Waals surface area contributed by atoms with Crippen LogP contribution in [0.5, 0.6) is 0 Å². The van der Waals surface area contributed by atoms with E-state index >= 15 is 0 Å². The van der Waals surface area contributed by atoms with Crippen molar-refractivity contribution in [2.24, 2.45) is 0 Å². The first-order valence-electron chi connectivity index (χ1n) is 9.42. The van der Waals surface area contributed by atoms with E-state index in [1.54, 1.807) is 0 Å². The predicted octanol–water partition coefficient (Wildman–Crippen LogP) is 3.00. The molecule has 0 aliphatic carbocycles. The van der Waals surface area contributed by atoms with Crippen LogP contribution in [0.15, 0.2) is 54.6 Å². The minimum atomic E-state index is -0.381. The zero-order chi connectivity index (χ0) is 17.5. The molecule has 25 heavy (non-hydrogen) atoms. The van der Waals surface area contributed by atoms with Gasteiger partial charge in [-0.25, -0.2) is 0 Å². The monoisotopic (exact) mass is 335 g/mol. The average Bonchev–Trinajstić information content (AvgIpc) is 3.09. The van der Waals surface area contributed by atoms with Gasteiger partial charge >= 0.3 is 0 Å². The maximum Gasteiger partial charge on any atom is 0.244 e. The molecule has 2 aliphatic heterocycles. The lowest BCUT2D eigenvalue weighted by atomic mass is 9.65. The Morgan fingerprint density at radius 3 is 2.56 bits per heavy atom. The molecule has 2 aromatic carbocycles. The summed E-state index contributed by atoms with van der Waals surface area (Å²) in [4.78, 5) is 15.8. The van der Waals surface area contributed by atoms with Crippen LogP contribution >= 0.6 is 0 Å². The zero-order valence-electron chi connectivity index (χ0n) is 15.2. The van der Waals surface area contributed by atoms with E-state index in [9.17, 15) is 4.79 Å². The molecule has 0 saturated carbocycles. The first-order chi connectivity index (χ1) is 12.1. The third kappa shape index (κ3) is 2.26. The van der Waals surface area contributed by atoms with E-state index in [1.807, 2.05) is 23.1 Å². The summed E-state index contributed by atoms with van der Waals surface area (Å²) in [7, 11) is 0. The maximum atomic E-state index is 13.8. The number of benzene rings is 2. The molecule has 1 amide bonds. The summed E-state index contributed by atoms with van der Waals surface area (Å²) in [6.45, 7) is 6.19. The lowest BCUT2D eigenvalue weighted by molar-refractivity contribution is -0.708. The Bertz CT molecular complexity index is 788. The van der Waals surface area contributed by atoms with Gasteiger partial charge in [0.1, 0.15) is 11.0 Å². The van der Waals surface area contributed by atoms with Crippen molar-refractivity contribution in [3.05, 3.63) is 65.7 Å². The zero-order valence-corrected chi connectivity index (χ0v) is 15.2. The summed E-state index contributed by atoms with van der Waals surface area (Å²) in [5.41, 5.74) is 3.09. The topological polar surface area (TPSA) is 36.9 Å². The third-order valence-corrected chi connectivity index (χ3v) is 6.31. The van der Waals surface area contributed by atoms with Crippen LogP contribution in [-0.4, -0.2) is 18.0 Å². The molecule has 2 unspecified atom stereocenters. The first kappa shape index (κ1) is 16.3. The molecule has 1 fully saturated rings. The van der Waals surface area contributed by atoms with Gasteiger partial charge in [-0.3, -0.25) is 4.79 Å². The van der Waals surface area contributed by atoms with Gasteiger partial charge in [-0.05, 0) is 24.1 Å². The molecule has 4 rings (SSSR count). The number of anilines is 1. The van der Waals surface area contributed by atoms with Gasteiger partial charge in [0.2, 0.25) is 5.91 Å². The van der Waals surface area contributed by atoms with E-state index in [1.165, 1.54) is 11.1 Å². The highest BCUT2D eigenvalue weighted by atomic mass is 16.2. The second-order valence-corrected chi connectivity index (χ2v) is 7.71. The second kappa shape index (κ2) is 5.99. The quantitative estimate of drug-likeness (QED) is 0.916. The maximum absolute atomic E-state index is 13.8. The van der Waals surface area contributed by atoms with Gasteiger partial charge in [0, 0.05) is 18.5 Å². The van der Waals surface area contributed by atoms with E-state index in [-0.39, 0.29) is 11.0 Å². The van der Waals surface area contributed by atoms with Crippen LogP contribution in [0, 0.1) is 0 Å². The summed E-state index contributed by atoms with van der Waals surface area (Å²) in [5, 5.41) is 2.41. The number of hydrogen-bond donors (Lipinski definition) is 1. The number of carbonyl (C=O) groups is 1. The molecule has 2 N–H and O–H groups in total. The standard InChI is InChI=1S/C22H26N2O/c1-3-13-21(2)22(14-15-23-21)18-11-7-8-12-19(18)24(20(22)25)16-17-9-5-4-6-10-17/h4-12,23H,3,13-16H2,1-2H3/p+1. The minimum Gasteiger partial charge on any atom is -0.340 e. The van der Waals surface area contributed by atoms with Crippen molar-refractivity contribution in [3.63, 3.8) is 0 Å². The van der Waals surface area contributed by atoms with Crippen LogP contribution in [-0.2, 0) is 16.8 Å². The normalized spacial score (nSPS) is 27.9. The van der Waals surface area contributed by atoms with Gasteiger partial charge in [0.15, 0.2) is 0 Å². The van der Waals surface area contributed by atoms with Crippen molar-refractivity contribution in [2.75, 3.05) is 11.4 Å². The highest BCUT2D eigenvalue weighted by molar-refractivity contribution is 6.09. The Labute approximate surface area is 150 Å². The third-order valence-electron chi connectivity index (χ3n) is 6.31. The molecule has 3 heteroatoms. The highest BCUT2D eigenvalue weighted by Crippen LogP contribution is 2.51. The lowest BCUT2D eigenvalue weighted by Gasteiger charge is -2.36. The number of para-hydroxylation sites is 1. The summed E-state index contributed by atoms with van der Waals surface area (Å²) in [5.74, 6) is 0.294. The first-order valence-corrected chi connectivity index (χ1v) is 9.42. The smallest absolute Gasteiger partial charge is 0.244 e. The number of amides is 1. The van der Waals surface area contributed by atoms with Gasteiger partial charge < -0.3 is 10.2 Å². The predicted molar refractivity (Wildman–Crippen MR) is 100 cm³/mol. The lowest BCUT2D eigenvalue weighted by Crippen LogP contribution is -2.95. The van der Waals surface area contributed by atoms with Crippen LogP contribution in [0.2, 0.25) is 0 Å². The van der Waals surface area contributed by atoms with Gasteiger partial charge in [-0.2, -0.15) is 0 Å². The van der Waals surface area contributed by atoms with E-state index in [0.29, 0.717) is 12.5 Å². The van der Waals surface area contributed by atoms with E-state index in [0.717, 1.165) is 31.5 Å². The molecule has 2 aromatic rings. The van der Waals surface area contributed by atoms with Gasteiger partial charge in [-0.15, -0.1) is 0 Å². The Morgan fingerprint density at radius 2 is 1.80 bits per heavy atom. The fourth-order valence-corrected chi connectivity index (χ4v) is 5.14. The second-order valence-electron chi connectivity index (χ2n) is 7.71. The van der Waals surface area contributed by atoms with Crippen LogP contribution in [0.3, 0.4) is 0 Å². The summed E-state index contributed by atoms with van der Waals surface area (Å²) in [6, 6.07) is 18.8. The van der Waals surface area contributed by atoms with Gasteiger partial charge in [0.05, 0.1) is 13.1 Å². The van der Waals surface area contributed by atoms with Crippen molar-refractivity contribution < 1.29 is 10.1 Å². The average molecular weight is 335 g/mol. The summed E-state index contributed by atoms with van der Waals surface area (Å²) >= 11 is 0. The van der Waals surface area contributed by atoms with Crippen LogP contribution < -0.4 is 10.2 Å². The molecule has 130 valence electrons. The number of quaternary nitrogens is 1. The van der Waals surface area contributed by atoms with Crippen molar-refractivity contribution >= 4 is 11.6 Å². The largest absolute Gasteiger partial charge is 0.340 e. The number of fused-ring (bicyclic) bond motifs is 2. The molecule has 2 heterocycles. The van der Waals surface area contributed by atoms with Crippen molar-refractivity contribution in [3.8, 4) is 0 Å². The molecule has 2 aliphatic rings. The van der Waals surface area contributed by atoms with E-state index < -0.39 is 0 Å². The molecule has 0 aromatic heterocycles. The van der Waals surface area contributed by atoms with Gasteiger partial charge in [-0.1, -0.05) is 61.9 Å². The molecule has 0 radical (unpaired) electrons. The Morgan fingerprint density at radius 1 is 1.08 bits per heavy atom. The van der Waals surface area contributed by atoms with E-state index in [4.69, 9.17) is 0 Å². The molecular formula is C22H27N2O+. The molecule has 0 bridgehead atoms. The Balaban J connectivity index is 1.82. The summed E-state index contributed by atoms with van der Waals surface area (Å²) in [6.07, 6.45) is 3.10. The number of nitrogens with two attached hydrogens (primary N) is 1. The SMILES string of the molecule is CCCC1(C)[NH2+]CCC12C(=O)N(Cc1ccccc1)c1ccccc12. The van der Waals surface area contributed by atoms with E-state index in [2.05, 4.69) is 55.6 Å². The number of rotatable bonds is 4. The number of carbonyl (C=O) groups excluding carboxylic acids is 1. The fraction of sp³-hybridized carbons (Fsp3) is 0.409. The molecule has 1 saturated heterocycles. The molecular weight excluding hydrogens is 308 g/mol. The van der Waals surface area contributed by atoms with Crippen LogP contribution in [0.4, 0.5) is 5.69 Å². The highest BCUT2D eigenvalue weighted by Gasteiger charge is 2.66. The molecule has 3 nitrogen and oxygen atoms in total. The minimum absolute atomic E-state index is 0.0552. The van der Waals surface area contributed by atoms with Crippen LogP contribution in [0.25, 0.3) is 0 Å². The number of nitrogens with zero attached hydrogens (tertiary/aromatic N) is 1. The molecule has 2 atom stereocenters. The van der Waals surface area contributed by atoms with Gasteiger partial charge in [0.25, 0.3) is 0 Å². The van der Waals surface area contributed by atoms with Crippen molar-refractivity contribution in [2.45, 2.75) is 50.6 Å². The Kier molecular flexibility index (Phi) is 3.92. The van der Waals surface area contributed by atoms with Crippen molar-refractivity contribution in [1.29, 1.82) is 0 Å².